The van der Waals surface area contributed by atoms with Gasteiger partial charge in [-0.25, -0.2) is 4.98 Å². The summed E-state index contributed by atoms with van der Waals surface area (Å²) in [4.78, 5) is 4.84. The maximum absolute atomic E-state index is 6.48. The molecule has 8 heteroatoms. The molecular formula is C22H18Cl2N4OS. The molecule has 5 nitrogen and oxygen atoms in total. The minimum atomic E-state index is 0.145. The summed E-state index contributed by atoms with van der Waals surface area (Å²) in [5, 5.41) is 9.64. The van der Waals surface area contributed by atoms with Crippen LogP contribution >= 0.6 is 35.4 Å². The lowest BCUT2D eigenvalue weighted by Crippen LogP contribution is -2.16. The molecule has 1 saturated heterocycles. The third-order valence-corrected chi connectivity index (χ3v) is 6.19. The van der Waals surface area contributed by atoms with E-state index >= 15 is 0 Å². The van der Waals surface area contributed by atoms with Gasteiger partial charge in [0.15, 0.2) is 10.6 Å². The van der Waals surface area contributed by atoms with Crippen molar-refractivity contribution in [3.63, 3.8) is 0 Å². The summed E-state index contributed by atoms with van der Waals surface area (Å²) in [7, 11) is 0. The molecule has 0 bridgehead atoms. The fourth-order valence-electron chi connectivity index (χ4n) is 3.88. The number of rotatable bonds is 4. The summed E-state index contributed by atoms with van der Waals surface area (Å²) in [5.41, 5.74) is 3.36. The topological polar surface area (TPSA) is 55.7 Å². The minimum absolute atomic E-state index is 0.145. The molecule has 0 amide bonds. The number of aromatic amines is 1. The minimum Gasteiger partial charge on any atom is -0.376 e. The lowest BCUT2D eigenvalue weighted by Gasteiger charge is -2.14. The van der Waals surface area contributed by atoms with Crippen LogP contribution in [0.4, 0.5) is 0 Å². The third kappa shape index (κ3) is 3.65. The second-order valence-electron chi connectivity index (χ2n) is 7.29. The highest BCUT2D eigenvalue weighted by molar-refractivity contribution is 7.71. The summed E-state index contributed by atoms with van der Waals surface area (Å²) in [6.07, 6.45) is 2.24. The largest absolute Gasteiger partial charge is 0.376 e. The highest BCUT2D eigenvalue weighted by Gasteiger charge is 2.21. The summed E-state index contributed by atoms with van der Waals surface area (Å²) in [6.45, 7) is 1.46. The Morgan fingerprint density at radius 3 is 2.80 bits per heavy atom. The maximum atomic E-state index is 6.48. The summed E-state index contributed by atoms with van der Waals surface area (Å²) < 4.78 is 8.42. The zero-order valence-electron chi connectivity index (χ0n) is 15.9. The molecule has 0 spiro atoms. The summed E-state index contributed by atoms with van der Waals surface area (Å²) in [6, 6.07) is 15.4. The first-order chi connectivity index (χ1) is 14.6. The van der Waals surface area contributed by atoms with Gasteiger partial charge in [0.1, 0.15) is 0 Å². The first-order valence-electron chi connectivity index (χ1n) is 9.72. The van der Waals surface area contributed by atoms with Crippen molar-refractivity contribution in [2.24, 2.45) is 0 Å². The molecule has 1 aliphatic heterocycles. The predicted octanol–water partition coefficient (Wildman–Crippen LogP) is 6.31. The number of H-pyrrole nitrogens is 1. The van der Waals surface area contributed by atoms with E-state index in [1.165, 1.54) is 0 Å². The van der Waals surface area contributed by atoms with Crippen LogP contribution in [0.1, 0.15) is 12.8 Å². The van der Waals surface area contributed by atoms with E-state index in [9.17, 15) is 0 Å². The molecule has 3 heterocycles. The molecule has 152 valence electrons. The van der Waals surface area contributed by atoms with Crippen molar-refractivity contribution >= 4 is 46.3 Å². The van der Waals surface area contributed by atoms with Gasteiger partial charge in [-0.05, 0) is 55.4 Å². The molecule has 4 aromatic rings. The second kappa shape index (κ2) is 8.12. The van der Waals surface area contributed by atoms with E-state index in [1.807, 2.05) is 47.0 Å². The molecule has 1 fully saturated rings. The van der Waals surface area contributed by atoms with Gasteiger partial charge in [0.2, 0.25) is 0 Å². The number of para-hydroxylation sites is 1. The van der Waals surface area contributed by atoms with Crippen LogP contribution in [0.3, 0.4) is 0 Å². The Kier molecular flexibility index (Phi) is 5.33. The number of nitrogens with zero attached hydrogens (tertiary/aromatic N) is 3. The molecule has 0 unspecified atom stereocenters. The van der Waals surface area contributed by atoms with Crippen molar-refractivity contribution < 1.29 is 4.74 Å². The van der Waals surface area contributed by atoms with Crippen LogP contribution in [0.15, 0.2) is 48.5 Å². The molecule has 0 aliphatic carbocycles. The van der Waals surface area contributed by atoms with Crippen molar-refractivity contribution in [3.05, 3.63) is 63.3 Å². The Bertz CT molecular complexity index is 1290. The molecule has 1 N–H and O–H groups in total. The fourth-order valence-corrected chi connectivity index (χ4v) is 4.59. The van der Waals surface area contributed by atoms with Gasteiger partial charge in [0.05, 0.1) is 28.9 Å². The molecule has 0 radical (unpaired) electrons. The van der Waals surface area contributed by atoms with Gasteiger partial charge in [0, 0.05) is 28.1 Å². The van der Waals surface area contributed by atoms with Gasteiger partial charge in [-0.2, -0.15) is 5.10 Å². The number of nitrogens with one attached hydrogen (secondary N) is 1. The number of benzene rings is 2. The van der Waals surface area contributed by atoms with E-state index in [2.05, 4.69) is 10.2 Å². The third-order valence-electron chi connectivity index (χ3n) is 5.33. The normalized spacial score (nSPS) is 16.4. The van der Waals surface area contributed by atoms with Crippen LogP contribution in [-0.4, -0.2) is 32.5 Å². The molecule has 1 atom stereocenters. The highest BCUT2D eigenvalue weighted by atomic mass is 35.5. The zero-order valence-corrected chi connectivity index (χ0v) is 18.3. The highest BCUT2D eigenvalue weighted by Crippen LogP contribution is 2.35. The van der Waals surface area contributed by atoms with E-state index in [1.54, 1.807) is 6.07 Å². The van der Waals surface area contributed by atoms with Gasteiger partial charge in [0.25, 0.3) is 0 Å². The smallest absolute Gasteiger partial charge is 0.195 e. The van der Waals surface area contributed by atoms with Gasteiger partial charge >= 0.3 is 0 Å². The summed E-state index contributed by atoms with van der Waals surface area (Å²) >= 11 is 18.1. The fraction of sp³-hybridized carbons (Fsp3) is 0.227. The first-order valence-corrected chi connectivity index (χ1v) is 10.9. The van der Waals surface area contributed by atoms with E-state index < -0.39 is 0 Å². The van der Waals surface area contributed by atoms with Crippen molar-refractivity contribution in [3.8, 4) is 22.6 Å². The Morgan fingerprint density at radius 2 is 2.00 bits per heavy atom. The number of hydrogen-bond donors (Lipinski definition) is 1. The van der Waals surface area contributed by atoms with Gasteiger partial charge in [-0.3, -0.25) is 9.67 Å². The number of halogens is 2. The van der Waals surface area contributed by atoms with Gasteiger partial charge in [-0.15, -0.1) is 0 Å². The van der Waals surface area contributed by atoms with Crippen molar-refractivity contribution in [1.29, 1.82) is 0 Å². The van der Waals surface area contributed by atoms with Crippen LogP contribution in [0.2, 0.25) is 10.0 Å². The summed E-state index contributed by atoms with van der Waals surface area (Å²) in [5.74, 6) is 0.764. The Morgan fingerprint density at radius 1 is 1.13 bits per heavy atom. The van der Waals surface area contributed by atoms with Crippen LogP contribution in [-0.2, 0) is 11.3 Å². The van der Waals surface area contributed by atoms with Crippen LogP contribution in [0, 0.1) is 4.77 Å². The van der Waals surface area contributed by atoms with E-state index in [-0.39, 0.29) is 6.10 Å². The molecule has 1 aliphatic rings. The lowest BCUT2D eigenvalue weighted by atomic mass is 10.0. The molecule has 0 saturated carbocycles. The predicted molar refractivity (Wildman–Crippen MR) is 123 cm³/mol. The molecule has 30 heavy (non-hydrogen) atoms. The van der Waals surface area contributed by atoms with Crippen LogP contribution in [0.5, 0.6) is 0 Å². The standard InChI is InChI=1S/C22H18Cl2N4OS/c23-13-7-8-16(18(24)10-13)20-11-17(15-5-1-2-6-19(15)25-20)21-26-27-22(30)28(21)12-14-4-3-9-29-14/h1-2,5-8,10-11,14H,3-4,9,12H2,(H,27,30)/t14-/m0/s1. The van der Waals surface area contributed by atoms with E-state index in [0.717, 1.165) is 53.0 Å². The number of aromatic nitrogens is 4. The first kappa shape index (κ1) is 19.7. The van der Waals surface area contributed by atoms with Crippen LogP contribution < -0.4 is 0 Å². The van der Waals surface area contributed by atoms with E-state index in [0.29, 0.717) is 21.4 Å². The van der Waals surface area contributed by atoms with Crippen molar-refractivity contribution in [2.45, 2.75) is 25.5 Å². The van der Waals surface area contributed by atoms with E-state index in [4.69, 9.17) is 45.1 Å². The Labute approximate surface area is 188 Å². The van der Waals surface area contributed by atoms with Gasteiger partial charge < -0.3 is 4.74 Å². The Hall–Kier alpha value is -2.25. The average Bonchev–Trinajstić information content (AvgIpc) is 3.38. The monoisotopic (exact) mass is 456 g/mol. The Balaban J connectivity index is 1.70. The zero-order chi connectivity index (χ0) is 20.7. The number of fused-ring (bicyclic) bond motifs is 1. The SMILES string of the molecule is S=c1[nH]nc(-c2cc(-c3ccc(Cl)cc3Cl)nc3ccccc23)n1C[C@@H]1CCCO1. The van der Waals surface area contributed by atoms with Crippen LogP contribution in [0.25, 0.3) is 33.5 Å². The number of pyridine rings is 1. The second-order valence-corrected chi connectivity index (χ2v) is 8.52. The number of hydrogen-bond acceptors (Lipinski definition) is 4. The molecule has 5 rings (SSSR count). The quantitative estimate of drug-likeness (QED) is 0.365. The maximum Gasteiger partial charge on any atom is 0.195 e. The molecule has 2 aromatic heterocycles. The number of ether oxygens (including phenoxy) is 1. The average molecular weight is 457 g/mol. The lowest BCUT2D eigenvalue weighted by molar-refractivity contribution is 0.0970. The molecule has 2 aromatic carbocycles. The van der Waals surface area contributed by atoms with Gasteiger partial charge in [-0.1, -0.05) is 41.4 Å². The van der Waals surface area contributed by atoms with Crippen molar-refractivity contribution in [1.82, 2.24) is 19.7 Å². The van der Waals surface area contributed by atoms with Crippen molar-refractivity contribution in [2.75, 3.05) is 6.61 Å². The molecular weight excluding hydrogens is 439 g/mol.